The Morgan fingerprint density at radius 1 is 0.905 bits per heavy atom. The molecule has 6 atom stereocenters. The van der Waals surface area contributed by atoms with E-state index in [4.69, 9.17) is 33.7 Å². The van der Waals surface area contributed by atoms with Crippen molar-refractivity contribution in [2.24, 2.45) is 22.9 Å². The monoisotopic (exact) mass is 858 g/mol. The van der Waals surface area contributed by atoms with Crippen LogP contribution in [0.3, 0.4) is 0 Å². The number of aliphatic hydroxyl groups excluding tert-OH is 2. The van der Waals surface area contributed by atoms with E-state index in [0.717, 1.165) is 59.1 Å². The van der Waals surface area contributed by atoms with Crippen LogP contribution in [0.1, 0.15) is 101 Å². The third kappa shape index (κ3) is 9.19. The van der Waals surface area contributed by atoms with E-state index in [1.54, 1.807) is 24.3 Å². The fraction of sp³-hybridized carbons (Fsp3) is 0.462. The average molecular weight is 859 g/mol. The number of amides is 1. The van der Waals surface area contributed by atoms with Gasteiger partial charge in [-0.15, -0.1) is 6.58 Å². The Morgan fingerprint density at radius 2 is 1.63 bits per heavy atom. The van der Waals surface area contributed by atoms with Gasteiger partial charge in [0.1, 0.15) is 28.9 Å². The highest BCUT2D eigenvalue weighted by Crippen LogP contribution is 2.62. The molecule has 0 bridgehead atoms. The molecule has 0 spiro atoms. The number of rotatable bonds is 18. The summed E-state index contributed by atoms with van der Waals surface area (Å²) in [6.45, 7) is 13.0. The van der Waals surface area contributed by atoms with E-state index >= 15 is 4.79 Å². The SMILES string of the molecule is C=CCOC12Oc3ccc(Oc4ccc5ccccc5c4)cc3C3C(CCCCO)C(CCCCO)C=C(C(=NOC(C)(C)C)CC1N(CCC)C(=O)c1ccc4c(c1)OCO4)C32. The van der Waals surface area contributed by atoms with Gasteiger partial charge >= 0.3 is 0 Å². The van der Waals surface area contributed by atoms with Gasteiger partial charge in [0.25, 0.3) is 5.91 Å². The number of unbranched alkanes of at least 4 members (excludes halogenated alkanes) is 2. The molecule has 2 aliphatic carbocycles. The topological polar surface area (TPSA) is 129 Å². The first-order valence-electron chi connectivity index (χ1n) is 22.7. The lowest BCUT2D eigenvalue weighted by Gasteiger charge is -2.60. The lowest BCUT2D eigenvalue weighted by Crippen LogP contribution is -2.70. The van der Waals surface area contributed by atoms with Crippen LogP contribution in [-0.4, -0.2) is 77.3 Å². The second-order valence-electron chi connectivity index (χ2n) is 18.2. The van der Waals surface area contributed by atoms with Crippen molar-refractivity contribution >= 4 is 22.4 Å². The van der Waals surface area contributed by atoms with Crippen LogP contribution in [-0.2, 0) is 9.57 Å². The van der Waals surface area contributed by atoms with Crippen molar-refractivity contribution in [3.63, 3.8) is 0 Å². The first-order chi connectivity index (χ1) is 30.6. The quantitative estimate of drug-likeness (QED) is 0.0571. The van der Waals surface area contributed by atoms with Gasteiger partial charge in [0.2, 0.25) is 12.6 Å². The Morgan fingerprint density at radius 3 is 2.40 bits per heavy atom. The summed E-state index contributed by atoms with van der Waals surface area (Å²) < 4.78 is 32.6. The van der Waals surface area contributed by atoms with Gasteiger partial charge in [-0.2, -0.15) is 0 Å². The highest BCUT2D eigenvalue weighted by molar-refractivity contribution is 6.03. The number of ether oxygens (including phenoxy) is 5. The molecule has 1 fully saturated rings. The standard InChI is InChI=1S/C52H62N2O9/c1-6-24-54(50(57)37-19-22-45-46(30-37)59-33-58-45)47-32-43(53-63-51(3,4)5)41-29-36(16-10-12-25-55)40(17-11-13-26-56)48-42-31-39(61-38-20-18-34-14-8-9-15-35(34)28-38)21-23-44(42)62-52(47,49(41)48)60-27-7-2/h7-9,14-15,18-23,28-31,36,40,47-49,55-56H,2,6,10-13,16-17,24-27,32-33H2,1,3-5H3. The minimum absolute atomic E-state index is 0.0713. The van der Waals surface area contributed by atoms with Gasteiger partial charge in [-0.25, -0.2) is 0 Å². The number of hydrogen-bond donors (Lipinski definition) is 2. The zero-order valence-corrected chi connectivity index (χ0v) is 37.1. The van der Waals surface area contributed by atoms with Crippen molar-refractivity contribution in [1.82, 2.24) is 4.90 Å². The summed E-state index contributed by atoms with van der Waals surface area (Å²) in [5, 5.41) is 27.2. The molecule has 2 N–H and O–H groups in total. The third-order valence-corrected chi connectivity index (χ3v) is 12.8. The van der Waals surface area contributed by atoms with Crippen molar-refractivity contribution in [2.75, 3.05) is 33.2 Å². The van der Waals surface area contributed by atoms with Crippen molar-refractivity contribution in [1.29, 1.82) is 0 Å². The number of carbonyl (C=O) groups excluding carboxylic acids is 1. The third-order valence-electron chi connectivity index (χ3n) is 12.8. The number of allylic oxidation sites excluding steroid dienone is 1. The van der Waals surface area contributed by atoms with Gasteiger partial charge in [0.05, 0.1) is 18.2 Å². The van der Waals surface area contributed by atoms with E-state index < -0.39 is 23.3 Å². The number of fused-ring (bicyclic) bond motifs is 4. The maximum Gasteiger partial charge on any atom is 0.254 e. The lowest BCUT2D eigenvalue weighted by molar-refractivity contribution is -0.254. The zero-order valence-electron chi connectivity index (χ0n) is 37.1. The molecule has 4 aromatic rings. The zero-order chi connectivity index (χ0) is 44.1. The number of aliphatic hydroxyl groups is 2. The van der Waals surface area contributed by atoms with Crippen molar-refractivity contribution in [3.05, 3.63) is 114 Å². The number of hydrogen-bond acceptors (Lipinski definition) is 10. The van der Waals surface area contributed by atoms with Crippen molar-refractivity contribution in [3.8, 4) is 28.7 Å². The van der Waals surface area contributed by atoms with Gasteiger partial charge in [-0.3, -0.25) is 4.79 Å². The molecule has 8 rings (SSSR count). The summed E-state index contributed by atoms with van der Waals surface area (Å²) >= 11 is 0. The maximum absolute atomic E-state index is 15.1. The lowest BCUT2D eigenvalue weighted by atomic mass is 9.55. The Balaban J connectivity index is 1.33. The number of nitrogens with zero attached hydrogens (tertiary/aromatic N) is 2. The molecule has 11 nitrogen and oxygen atoms in total. The van der Waals surface area contributed by atoms with Gasteiger partial charge in [-0.05, 0) is 130 Å². The largest absolute Gasteiger partial charge is 0.459 e. The average Bonchev–Trinajstić information content (AvgIpc) is 3.76. The van der Waals surface area contributed by atoms with Crippen molar-refractivity contribution < 1.29 is 43.5 Å². The van der Waals surface area contributed by atoms with Crippen molar-refractivity contribution in [2.45, 2.75) is 102 Å². The molecule has 2 heterocycles. The molecular formula is C52H62N2O9. The Kier molecular flexibility index (Phi) is 13.5. The molecule has 2 aliphatic heterocycles. The summed E-state index contributed by atoms with van der Waals surface area (Å²) in [6.07, 6.45) is 9.77. The van der Waals surface area contributed by atoms with E-state index in [-0.39, 0.29) is 50.3 Å². The number of carbonyl (C=O) groups is 1. The van der Waals surface area contributed by atoms with Gasteiger partial charge < -0.3 is 43.6 Å². The van der Waals surface area contributed by atoms with E-state index in [2.05, 4.69) is 49.9 Å². The van der Waals surface area contributed by atoms with E-state index in [9.17, 15) is 10.2 Å². The molecule has 4 aliphatic rings. The summed E-state index contributed by atoms with van der Waals surface area (Å²) in [5.74, 6) is 1.15. The van der Waals surface area contributed by atoms with Crippen LogP contribution in [0.4, 0.5) is 0 Å². The highest BCUT2D eigenvalue weighted by atomic mass is 16.7. The summed E-state index contributed by atoms with van der Waals surface area (Å²) in [7, 11) is 0. The minimum Gasteiger partial charge on any atom is -0.459 e. The molecular weight excluding hydrogens is 797 g/mol. The van der Waals surface area contributed by atoms with Crippen LogP contribution >= 0.6 is 0 Å². The van der Waals surface area contributed by atoms with Crippen LogP contribution in [0, 0.1) is 17.8 Å². The predicted octanol–water partition coefficient (Wildman–Crippen LogP) is 10.3. The van der Waals surface area contributed by atoms with Crippen LogP contribution in [0.15, 0.2) is 108 Å². The molecule has 0 radical (unpaired) electrons. The summed E-state index contributed by atoms with van der Waals surface area (Å²) in [5.41, 5.74) is 2.60. The number of benzene rings is 4. The Hall–Kier alpha value is -5.36. The smallest absolute Gasteiger partial charge is 0.254 e. The van der Waals surface area contributed by atoms with E-state index in [0.29, 0.717) is 60.8 Å². The predicted molar refractivity (Wildman–Crippen MR) is 244 cm³/mol. The summed E-state index contributed by atoms with van der Waals surface area (Å²) in [4.78, 5) is 23.3. The van der Waals surface area contributed by atoms with Crippen LogP contribution in [0.2, 0.25) is 0 Å². The van der Waals surface area contributed by atoms with E-state index in [1.165, 1.54) is 0 Å². The second-order valence-corrected chi connectivity index (χ2v) is 18.2. The van der Waals surface area contributed by atoms with Gasteiger partial charge in [0, 0.05) is 43.2 Å². The molecule has 4 aromatic carbocycles. The van der Waals surface area contributed by atoms with Crippen LogP contribution in [0.5, 0.6) is 28.7 Å². The molecule has 334 valence electrons. The van der Waals surface area contributed by atoms with Gasteiger partial charge in [0.15, 0.2) is 11.5 Å². The molecule has 1 amide bonds. The highest BCUT2D eigenvalue weighted by Gasteiger charge is 2.65. The van der Waals surface area contributed by atoms with Crippen LogP contribution < -0.4 is 18.9 Å². The molecule has 1 saturated carbocycles. The second kappa shape index (κ2) is 19.2. The first-order valence-corrected chi connectivity index (χ1v) is 22.7. The number of oxime groups is 1. The van der Waals surface area contributed by atoms with E-state index in [1.807, 2.05) is 56.0 Å². The molecule has 6 unspecified atom stereocenters. The molecule has 0 aromatic heterocycles. The fourth-order valence-electron chi connectivity index (χ4n) is 10.1. The molecule has 63 heavy (non-hydrogen) atoms. The Bertz CT molecular complexity index is 2330. The molecule has 11 heteroatoms. The Labute approximate surface area is 371 Å². The maximum atomic E-state index is 15.1. The molecule has 0 saturated heterocycles. The van der Waals surface area contributed by atoms with Gasteiger partial charge in [-0.1, -0.05) is 67.4 Å². The normalized spacial score (nSPS) is 23.9. The summed E-state index contributed by atoms with van der Waals surface area (Å²) in [6, 6.07) is 25.0. The fourth-order valence-corrected chi connectivity index (χ4v) is 10.1. The first kappa shape index (κ1) is 44.3. The minimum atomic E-state index is -1.38. The van der Waals surface area contributed by atoms with Crippen LogP contribution in [0.25, 0.3) is 10.8 Å².